The lowest BCUT2D eigenvalue weighted by Crippen LogP contribution is -2.15. The molecule has 0 spiro atoms. The molecule has 0 unspecified atom stereocenters. The van der Waals surface area contributed by atoms with Gasteiger partial charge in [-0.15, -0.1) is 0 Å². The van der Waals surface area contributed by atoms with Crippen molar-refractivity contribution < 1.29 is 24.6 Å². The van der Waals surface area contributed by atoms with Gasteiger partial charge in [-0.3, -0.25) is 9.78 Å². The maximum atomic E-state index is 12.3. The van der Waals surface area contributed by atoms with E-state index in [0.717, 1.165) is 6.07 Å². The number of carboxylic acids is 2. The molecule has 0 aliphatic rings. The first-order valence-electron chi connectivity index (χ1n) is 5.56. The second-order valence-electron chi connectivity index (χ2n) is 3.91. The highest BCUT2D eigenvalue weighted by atomic mass is 16.4. The first-order valence-corrected chi connectivity index (χ1v) is 5.56. The Labute approximate surface area is 113 Å². The van der Waals surface area contributed by atoms with Crippen molar-refractivity contribution in [1.82, 2.24) is 4.98 Å². The summed E-state index contributed by atoms with van der Waals surface area (Å²) in [7, 11) is 0. The second kappa shape index (κ2) is 5.31. The zero-order chi connectivity index (χ0) is 14.7. The van der Waals surface area contributed by atoms with Crippen LogP contribution in [0.2, 0.25) is 0 Å². The molecular formula is C14H9NO5. The monoisotopic (exact) mass is 271 g/mol. The molecule has 2 N–H and O–H groups in total. The summed E-state index contributed by atoms with van der Waals surface area (Å²) >= 11 is 0. The fourth-order valence-corrected chi connectivity index (χ4v) is 1.80. The number of carbonyl (C=O) groups excluding carboxylic acids is 1. The zero-order valence-electron chi connectivity index (χ0n) is 10.1. The molecule has 0 aliphatic carbocycles. The van der Waals surface area contributed by atoms with Gasteiger partial charge in [0, 0.05) is 23.5 Å². The molecule has 6 nitrogen and oxygen atoms in total. The summed E-state index contributed by atoms with van der Waals surface area (Å²) in [6.45, 7) is 0. The quantitative estimate of drug-likeness (QED) is 0.820. The van der Waals surface area contributed by atoms with Crippen LogP contribution in [0.5, 0.6) is 0 Å². The number of aromatic nitrogens is 1. The topological polar surface area (TPSA) is 105 Å². The summed E-state index contributed by atoms with van der Waals surface area (Å²) in [6.07, 6.45) is 2.77. The molecule has 0 radical (unpaired) electrons. The van der Waals surface area contributed by atoms with E-state index in [4.69, 9.17) is 10.2 Å². The van der Waals surface area contributed by atoms with Crippen molar-refractivity contribution in [2.24, 2.45) is 0 Å². The predicted octanol–water partition coefficient (Wildman–Crippen LogP) is 1.71. The molecule has 0 atom stereocenters. The van der Waals surface area contributed by atoms with Crippen LogP contribution in [0.3, 0.4) is 0 Å². The lowest BCUT2D eigenvalue weighted by atomic mass is 9.95. The summed E-state index contributed by atoms with van der Waals surface area (Å²) in [5, 5.41) is 18.2. The van der Waals surface area contributed by atoms with Crippen molar-refractivity contribution >= 4 is 17.7 Å². The minimum atomic E-state index is -1.46. The number of ketones is 1. The SMILES string of the molecule is O=C(O)c1cccc(C(=O)c2cccnc2)c1C(=O)O. The van der Waals surface area contributed by atoms with Crippen molar-refractivity contribution in [2.45, 2.75) is 0 Å². The maximum absolute atomic E-state index is 12.3. The summed E-state index contributed by atoms with van der Waals surface area (Å²) in [4.78, 5) is 38.3. The third-order valence-corrected chi connectivity index (χ3v) is 2.68. The highest BCUT2D eigenvalue weighted by Crippen LogP contribution is 2.19. The van der Waals surface area contributed by atoms with Crippen LogP contribution in [-0.4, -0.2) is 32.9 Å². The van der Waals surface area contributed by atoms with Crippen LogP contribution in [0.4, 0.5) is 0 Å². The van der Waals surface area contributed by atoms with Gasteiger partial charge in [-0.2, -0.15) is 0 Å². The Bertz CT molecular complexity index is 694. The summed E-state index contributed by atoms with van der Waals surface area (Å²) in [6, 6.07) is 6.78. The minimum Gasteiger partial charge on any atom is -0.478 e. The standard InChI is InChI=1S/C14H9NO5/c16-12(8-3-2-6-15-7-8)9-4-1-5-10(13(17)18)11(9)14(19)20/h1-7H,(H,17,18)(H,19,20). The Hall–Kier alpha value is -3.02. The van der Waals surface area contributed by atoms with Crippen LogP contribution in [0.1, 0.15) is 36.6 Å². The molecule has 0 bridgehead atoms. The smallest absolute Gasteiger partial charge is 0.337 e. The van der Waals surface area contributed by atoms with Crippen LogP contribution in [0, 0.1) is 0 Å². The van der Waals surface area contributed by atoms with Crippen LogP contribution in [-0.2, 0) is 0 Å². The van der Waals surface area contributed by atoms with Gasteiger partial charge in [0.15, 0.2) is 5.78 Å². The molecule has 0 saturated heterocycles. The first-order chi connectivity index (χ1) is 9.52. The molecule has 0 amide bonds. The van der Waals surface area contributed by atoms with Gasteiger partial charge in [0.2, 0.25) is 0 Å². The Kier molecular flexibility index (Phi) is 3.56. The van der Waals surface area contributed by atoms with E-state index in [-0.39, 0.29) is 11.1 Å². The molecule has 2 rings (SSSR count). The van der Waals surface area contributed by atoms with Crippen molar-refractivity contribution in [3.8, 4) is 0 Å². The van der Waals surface area contributed by atoms with E-state index in [1.165, 1.54) is 36.7 Å². The number of benzene rings is 1. The van der Waals surface area contributed by atoms with Crippen LogP contribution in [0.25, 0.3) is 0 Å². The van der Waals surface area contributed by atoms with Gasteiger partial charge in [0.1, 0.15) is 0 Å². The van der Waals surface area contributed by atoms with Gasteiger partial charge < -0.3 is 10.2 Å². The molecule has 2 aromatic rings. The number of nitrogens with zero attached hydrogens (tertiary/aromatic N) is 1. The molecule has 6 heteroatoms. The van der Waals surface area contributed by atoms with E-state index in [1.807, 2.05) is 0 Å². The molecule has 100 valence electrons. The van der Waals surface area contributed by atoms with E-state index < -0.39 is 28.8 Å². The number of hydrogen-bond donors (Lipinski definition) is 2. The van der Waals surface area contributed by atoms with Gasteiger partial charge in [0.25, 0.3) is 0 Å². The van der Waals surface area contributed by atoms with Crippen LogP contribution < -0.4 is 0 Å². The van der Waals surface area contributed by atoms with E-state index in [9.17, 15) is 14.4 Å². The molecule has 0 aliphatic heterocycles. The third-order valence-electron chi connectivity index (χ3n) is 2.68. The maximum Gasteiger partial charge on any atom is 0.337 e. The minimum absolute atomic E-state index is 0.176. The van der Waals surface area contributed by atoms with Crippen molar-refractivity contribution in [3.05, 3.63) is 65.0 Å². The van der Waals surface area contributed by atoms with E-state index in [2.05, 4.69) is 4.98 Å². The average Bonchev–Trinajstić information content (AvgIpc) is 2.46. The average molecular weight is 271 g/mol. The van der Waals surface area contributed by atoms with Crippen molar-refractivity contribution in [1.29, 1.82) is 0 Å². The van der Waals surface area contributed by atoms with Crippen molar-refractivity contribution in [3.63, 3.8) is 0 Å². The fourth-order valence-electron chi connectivity index (χ4n) is 1.80. The lowest BCUT2D eigenvalue weighted by Gasteiger charge is -2.08. The van der Waals surface area contributed by atoms with Crippen LogP contribution >= 0.6 is 0 Å². The van der Waals surface area contributed by atoms with Gasteiger partial charge >= 0.3 is 11.9 Å². The predicted molar refractivity (Wildman–Crippen MR) is 68.0 cm³/mol. The molecule has 1 aromatic heterocycles. The fraction of sp³-hybridized carbons (Fsp3) is 0. The van der Waals surface area contributed by atoms with Gasteiger partial charge in [-0.1, -0.05) is 12.1 Å². The number of pyridine rings is 1. The van der Waals surface area contributed by atoms with Gasteiger partial charge in [-0.05, 0) is 18.2 Å². The molecular weight excluding hydrogens is 262 g/mol. The largest absolute Gasteiger partial charge is 0.478 e. The number of aromatic carboxylic acids is 2. The van der Waals surface area contributed by atoms with E-state index >= 15 is 0 Å². The Morgan fingerprint density at radius 3 is 2.15 bits per heavy atom. The number of hydrogen-bond acceptors (Lipinski definition) is 4. The highest BCUT2D eigenvalue weighted by molar-refractivity contribution is 6.16. The molecule has 1 aromatic carbocycles. The van der Waals surface area contributed by atoms with Gasteiger partial charge in [0.05, 0.1) is 11.1 Å². The van der Waals surface area contributed by atoms with E-state index in [0.29, 0.717) is 0 Å². The van der Waals surface area contributed by atoms with Crippen LogP contribution in [0.15, 0.2) is 42.7 Å². The summed E-state index contributed by atoms with van der Waals surface area (Å²) in [5.74, 6) is -3.45. The highest BCUT2D eigenvalue weighted by Gasteiger charge is 2.24. The molecule has 0 fully saturated rings. The Morgan fingerprint density at radius 2 is 1.60 bits per heavy atom. The van der Waals surface area contributed by atoms with E-state index in [1.54, 1.807) is 0 Å². The Balaban J connectivity index is 2.63. The third kappa shape index (κ3) is 2.39. The van der Waals surface area contributed by atoms with Crippen molar-refractivity contribution in [2.75, 3.05) is 0 Å². The Morgan fingerprint density at radius 1 is 0.900 bits per heavy atom. The number of carboxylic acid groups (broad SMARTS) is 2. The normalized spacial score (nSPS) is 10.0. The number of rotatable bonds is 4. The molecule has 20 heavy (non-hydrogen) atoms. The summed E-state index contributed by atoms with van der Waals surface area (Å²) < 4.78 is 0. The molecule has 1 heterocycles. The number of carbonyl (C=O) groups is 3. The summed E-state index contributed by atoms with van der Waals surface area (Å²) in [5.41, 5.74) is -0.927. The second-order valence-corrected chi connectivity index (χ2v) is 3.91. The lowest BCUT2D eigenvalue weighted by molar-refractivity contribution is 0.0649. The first kappa shape index (κ1) is 13.4. The van der Waals surface area contributed by atoms with Gasteiger partial charge in [-0.25, -0.2) is 9.59 Å². The zero-order valence-corrected chi connectivity index (χ0v) is 10.1. The molecule has 0 saturated carbocycles.